The van der Waals surface area contributed by atoms with Crippen molar-refractivity contribution in [1.82, 2.24) is 9.80 Å². The van der Waals surface area contributed by atoms with Gasteiger partial charge in [0.1, 0.15) is 4.99 Å². The van der Waals surface area contributed by atoms with Gasteiger partial charge < -0.3 is 9.80 Å². The minimum Gasteiger partial charge on any atom is -0.342 e. The molecular formula is C14H26N2OS3. The molecule has 3 nitrogen and oxygen atoms in total. The van der Waals surface area contributed by atoms with Crippen molar-refractivity contribution in [1.29, 1.82) is 0 Å². The van der Waals surface area contributed by atoms with E-state index in [0.717, 1.165) is 54.1 Å². The zero-order chi connectivity index (χ0) is 15.3. The zero-order valence-corrected chi connectivity index (χ0v) is 15.4. The molecule has 1 unspecified atom stereocenters. The molecule has 1 heterocycles. The number of nitrogens with zero attached hydrogens (tertiary/aromatic N) is 2. The Labute approximate surface area is 136 Å². The lowest BCUT2D eigenvalue weighted by atomic mass is 9.90. The van der Waals surface area contributed by atoms with E-state index < -0.39 is 10.8 Å². The fraction of sp³-hybridized carbons (Fsp3) is 0.857. The fourth-order valence-electron chi connectivity index (χ4n) is 2.22. The summed E-state index contributed by atoms with van der Waals surface area (Å²) < 4.78 is 11.8. The molecule has 0 saturated carbocycles. The third-order valence-electron chi connectivity index (χ3n) is 3.53. The Morgan fingerprint density at radius 1 is 1.25 bits per heavy atom. The predicted molar refractivity (Wildman–Crippen MR) is 95.7 cm³/mol. The van der Waals surface area contributed by atoms with E-state index in [9.17, 15) is 4.21 Å². The molecule has 1 aliphatic rings. The van der Waals surface area contributed by atoms with Gasteiger partial charge in [0.05, 0.1) is 6.54 Å². The SMILES string of the molecule is CCCS(=O)CCC(C)(C)CN1C(=S)CN(CC)C1=S. The molecule has 20 heavy (non-hydrogen) atoms. The second-order valence-electron chi connectivity index (χ2n) is 6.04. The highest BCUT2D eigenvalue weighted by molar-refractivity contribution is 7.84. The van der Waals surface area contributed by atoms with Gasteiger partial charge in [0, 0.05) is 35.4 Å². The highest BCUT2D eigenvalue weighted by Gasteiger charge is 2.33. The van der Waals surface area contributed by atoms with Gasteiger partial charge in [-0.25, -0.2) is 0 Å². The smallest absolute Gasteiger partial charge is 0.176 e. The Bertz CT molecular complexity index is 396. The number of rotatable bonds is 8. The predicted octanol–water partition coefficient (Wildman–Crippen LogP) is 2.81. The van der Waals surface area contributed by atoms with Gasteiger partial charge in [-0.15, -0.1) is 0 Å². The van der Waals surface area contributed by atoms with Crippen molar-refractivity contribution in [2.75, 3.05) is 31.1 Å². The van der Waals surface area contributed by atoms with E-state index in [1.807, 2.05) is 0 Å². The summed E-state index contributed by atoms with van der Waals surface area (Å²) in [6.45, 7) is 11.1. The summed E-state index contributed by atoms with van der Waals surface area (Å²) in [5.41, 5.74) is 0.0707. The van der Waals surface area contributed by atoms with Crippen molar-refractivity contribution >= 4 is 45.3 Å². The largest absolute Gasteiger partial charge is 0.342 e. The fourth-order valence-corrected chi connectivity index (χ4v) is 4.40. The normalized spacial score (nSPS) is 18.0. The van der Waals surface area contributed by atoms with Crippen LogP contribution in [0.2, 0.25) is 0 Å². The lowest BCUT2D eigenvalue weighted by molar-refractivity contribution is 0.298. The molecule has 0 amide bonds. The van der Waals surface area contributed by atoms with Crippen molar-refractivity contribution in [3.8, 4) is 0 Å². The van der Waals surface area contributed by atoms with Crippen molar-refractivity contribution in [3.05, 3.63) is 0 Å². The minimum atomic E-state index is -0.690. The van der Waals surface area contributed by atoms with Crippen LogP contribution in [0.5, 0.6) is 0 Å². The molecule has 1 rings (SSSR count). The molecule has 0 aliphatic carbocycles. The maximum absolute atomic E-state index is 11.8. The summed E-state index contributed by atoms with van der Waals surface area (Å²) in [4.78, 5) is 5.12. The standard InChI is InChI=1S/C14H26N2OS3/c1-5-8-20(17)9-7-14(3,4)11-16-12(18)10-15(6-2)13(16)19/h5-11H2,1-4H3. The first-order valence-electron chi connectivity index (χ1n) is 7.25. The van der Waals surface area contributed by atoms with E-state index in [1.165, 1.54) is 0 Å². The monoisotopic (exact) mass is 334 g/mol. The number of hydrogen-bond acceptors (Lipinski definition) is 3. The van der Waals surface area contributed by atoms with Crippen molar-refractivity contribution in [2.45, 2.75) is 40.5 Å². The second kappa shape index (κ2) is 7.80. The molecule has 0 aromatic heterocycles. The van der Waals surface area contributed by atoms with Crippen molar-refractivity contribution in [2.24, 2.45) is 5.41 Å². The first-order valence-corrected chi connectivity index (χ1v) is 9.55. The molecule has 0 aromatic rings. The lowest BCUT2D eigenvalue weighted by Crippen LogP contribution is -2.39. The van der Waals surface area contributed by atoms with Crippen LogP contribution in [-0.4, -0.2) is 55.2 Å². The van der Waals surface area contributed by atoms with Crippen LogP contribution in [0.25, 0.3) is 0 Å². The van der Waals surface area contributed by atoms with Gasteiger partial charge >= 0.3 is 0 Å². The molecule has 0 radical (unpaired) electrons. The molecule has 0 bridgehead atoms. The van der Waals surface area contributed by atoms with Gasteiger partial charge in [-0.1, -0.05) is 33.0 Å². The molecule has 0 aromatic carbocycles. The first kappa shape index (κ1) is 18.0. The summed E-state index contributed by atoms with van der Waals surface area (Å²) >= 11 is 10.9. The molecule has 0 N–H and O–H groups in total. The van der Waals surface area contributed by atoms with Crippen LogP contribution in [0.4, 0.5) is 0 Å². The average molecular weight is 335 g/mol. The minimum absolute atomic E-state index is 0.0707. The van der Waals surface area contributed by atoms with Gasteiger partial charge in [0.2, 0.25) is 0 Å². The maximum atomic E-state index is 11.8. The Kier molecular flexibility index (Phi) is 7.01. The quantitative estimate of drug-likeness (QED) is 0.635. The van der Waals surface area contributed by atoms with Crippen LogP contribution in [0.3, 0.4) is 0 Å². The average Bonchev–Trinajstić information content (AvgIpc) is 2.64. The number of hydrogen-bond donors (Lipinski definition) is 0. The first-order chi connectivity index (χ1) is 9.30. The summed E-state index contributed by atoms with van der Waals surface area (Å²) in [6, 6.07) is 0. The third kappa shape index (κ3) is 5.04. The van der Waals surface area contributed by atoms with E-state index in [4.69, 9.17) is 24.4 Å². The van der Waals surface area contributed by atoms with E-state index >= 15 is 0 Å². The van der Waals surface area contributed by atoms with Gasteiger partial charge in [0.15, 0.2) is 5.11 Å². The molecule has 1 fully saturated rings. The van der Waals surface area contributed by atoms with E-state index in [1.54, 1.807) is 0 Å². The molecule has 6 heteroatoms. The molecule has 1 saturated heterocycles. The Hall–Kier alpha value is -0.0700. The Morgan fingerprint density at radius 2 is 1.90 bits per heavy atom. The van der Waals surface area contributed by atoms with Crippen LogP contribution in [0.1, 0.15) is 40.5 Å². The van der Waals surface area contributed by atoms with Crippen LogP contribution in [-0.2, 0) is 10.8 Å². The summed E-state index contributed by atoms with van der Waals surface area (Å²) in [5.74, 6) is 1.58. The lowest BCUT2D eigenvalue weighted by Gasteiger charge is -2.31. The van der Waals surface area contributed by atoms with Gasteiger partial charge in [-0.3, -0.25) is 4.21 Å². The number of thiocarbonyl (C=S) groups is 2. The van der Waals surface area contributed by atoms with Crippen LogP contribution < -0.4 is 0 Å². The van der Waals surface area contributed by atoms with Crippen LogP contribution >= 0.6 is 24.4 Å². The molecular weight excluding hydrogens is 308 g/mol. The summed E-state index contributed by atoms with van der Waals surface area (Å²) in [7, 11) is -0.690. The van der Waals surface area contributed by atoms with Crippen LogP contribution in [0, 0.1) is 5.41 Å². The van der Waals surface area contributed by atoms with E-state index in [-0.39, 0.29) is 5.41 Å². The number of likely N-dealkylation sites (N-methyl/N-ethyl adjacent to an activating group) is 1. The van der Waals surface area contributed by atoms with Gasteiger partial charge in [-0.2, -0.15) is 0 Å². The molecule has 0 spiro atoms. The second-order valence-corrected chi connectivity index (χ2v) is 8.57. The van der Waals surface area contributed by atoms with Crippen molar-refractivity contribution < 1.29 is 4.21 Å². The van der Waals surface area contributed by atoms with E-state index in [0.29, 0.717) is 0 Å². The van der Waals surface area contributed by atoms with E-state index in [2.05, 4.69) is 37.5 Å². The van der Waals surface area contributed by atoms with Crippen LogP contribution in [0.15, 0.2) is 0 Å². The topological polar surface area (TPSA) is 23.6 Å². The Morgan fingerprint density at radius 3 is 2.40 bits per heavy atom. The third-order valence-corrected chi connectivity index (χ3v) is 5.89. The zero-order valence-electron chi connectivity index (χ0n) is 13.0. The molecule has 1 atom stereocenters. The highest BCUT2D eigenvalue weighted by atomic mass is 32.2. The molecule has 116 valence electrons. The molecule has 1 aliphatic heterocycles. The maximum Gasteiger partial charge on any atom is 0.176 e. The summed E-state index contributed by atoms with van der Waals surface area (Å²) in [6.07, 6.45) is 1.92. The van der Waals surface area contributed by atoms with Gasteiger partial charge in [-0.05, 0) is 37.4 Å². The highest BCUT2D eigenvalue weighted by Crippen LogP contribution is 2.25. The Balaban J connectivity index is 2.55. The van der Waals surface area contributed by atoms with Crippen molar-refractivity contribution in [3.63, 3.8) is 0 Å². The summed E-state index contributed by atoms with van der Waals surface area (Å²) in [5, 5.41) is 0.847. The van der Waals surface area contributed by atoms with Gasteiger partial charge in [0.25, 0.3) is 0 Å².